The van der Waals surface area contributed by atoms with Crippen molar-refractivity contribution in [1.29, 1.82) is 0 Å². The van der Waals surface area contributed by atoms with Gasteiger partial charge < -0.3 is 10.5 Å². The lowest BCUT2D eigenvalue weighted by atomic mass is 10.2. The van der Waals surface area contributed by atoms with Gasteiger partial charge in [-0.15, -0.1) is 0 Å². The quantitative estimate of drug-likeness (QED) is 0.775. The maximum atomic E-state index is 12.1. The molecule has 0 unspecified atom stereocenters. The van der Waals surface area contributed by atoms with Crippen molar-refractivity contribution >= 4 is 22.9 Å². The SMILES string of the molecule is Nc1ccc2ccn(C(=O)OCc3ccccc3)c2n1. The smallest absolute Gasteiger partial charge is 0.420 e. The van der Waals surface area contributed by atoms with E-state index < -0.39 is 6.09 Å². The van der Waals surface area contributed by atoms with E-state index in [1.165, 1.54) is 4.57 Å². The third-order valence-corrected chi connectivity index (χ3v) is 2.96. The molecule has 3 aromatic rings. The molecule has 2 aromatic heterocycles. The maximum absolute atomic E-state index is 12.1. The van der Waals surface area contributed by atoms with Crippen LogP contribution in [0.1, 0.15) is 5.56 Å². The van der Waals surface area contributed by atoms with Crippen molar-refractivity contribution in [3.63, 3.8) is 0 Å². The zero-order valence-electron chi connectivity index (χ0n) is 10.7. The molecule has 0 spiro atoms. The fourth-order valence-corrected chi connectivity index (χ4v) is 1.96. The molecular weight excluding hydrogens is 254 g/mol. The molecule has 0 radical (unpaired) electrons. The second-order valence-corrected chi connectivity index (χ2v) is 4.37. The summed E-state index contributed by atoms with van der Waals surface area (Å²) in [5.41, 5.74) is 7.08. The highest BCUT2D eigenvalue weighted by molar-refractivity contribution is 5.87. The molecule has 0 aliphatic carbocycles. The molecule has 2 heterocycles. The standard InChI is InChI=1S/C15H13N3O2/c16-13-7-6-12-8-9-18(14(12)17-13)15(19)20-10-11-4-2-1-3-5-11/h1-9H,10H2,(H2,16,17). The summed E-state index contributed by atoms with van der Waals surface area (Å²) in [7, 11) is 0. The van der Waals surface area contributed by atoms with Crippen molar-refractivity contribution in [2.75, 3.05) is 5.73 Å². The number of ether oxygens (including phenoxy) is 1. The topological polar surface area (TPSA) is 70.1 Å². The Bertz CT molecular complexity index is 750. The van der Waals surface area contributed by atoms with Crippen LogP contribution in [0.4, 0.5) is 10.6 Å². The van der Waals surface area contributed by atoms with Crippen LogP contribution in [0.15, 0.2) is 54.7 Å². The molecule has 3 rings (SSSR count). The van der Waals surface area contributed by atoms with Gasteiger partial charge in [-0.25, -0.2) is 14.3 Å². The minimum atomic E-state index is -0.470. The first kappa shape index (κ1) is 12.2. The molecule has 1 aromatic carbocycles. The molecule has 0 amide bonds. The number of hydrogen-bond acceptors (Lipinski definition) is 4. The monoisotopic (exact) mass is 267 g/mol. The van der Waals surface area contributed by atoms with Crippen LogP contribution < -0.4 is 5.73 Å². The van der Waals surface area contributed by atoms with E-state index in [4.69, 9.17) is 10.5 Å². The normalized spacial score (nSPS) is 10.6. The number of benzene rings is 1. The van der Waals surface area contributed by atoms with Crippen molar-refractivity contribution in [1.82, 2.24) is 9.55 Å². The number of rotatable bonds is 2. The van der Waals surface area contributed by atoms with E-state index in [0.29, 0.717) is 11.5 Å². The molecule has 0 saturated carbocycles. The molecule has 5 heteroatoms. The highest BCUT2D eigenvalue weighted by Crippen LogP contribution is 2.15. The van der Waals surface area contributed by atoms with Gasteiger partial charge in [-0.2, -0.15) is 0 Å². The van der Waals surface area contributed by atoms with E-state index in [-0.39, 0.29) is 6.61 Å². The molecule has 0 fully saturated rings. The highest BCUT2D eigenvalue weighted by atomic mass is 16.5. The van der Waals surface area contributed by atoms with Gasteiger partial charge in [-0.3, -0.25) is 0 Å². The third-order valence-electron chi connectivity index (χ3n) is 2.96. The van der Waals surface area contributed by atoms with Crippen molar-refractivity contribution in [2.45, 2.75) is 6.61 Å². The van der Waals surface area contributed by atoms with Crippen molar-refractivity contribution in [2.24, 2.45) is 0 Å². The van der Waals surface area contributed by atoms with Gasteiger partial charge in [0.05, 0.1) is 0 Å². The zero-order valence-corrected chi connectivity index (χ0v) is 10.7. The van der Waals surface area contributed by atoms with Crippen LogP contribution in [0.2, 0.25) is 0 Å². The van der Waals surface area contributed by atoms with E-state index in [1.807, 2.05) is 36.4 Å². The molecule has 5 nitrogen and oxygen atoms in total. The average Bonchev–Trinajstić information content (AvgIpc) is 2.89. The minimum Gasteiger partial charge on any atom is -0.444 e. The molecule has 0 saturated heterocycles. The number of nitrogens with two attached hydrogens (primary N) is 1. The first-order chi connectivity index (χ1) is 9.74. The maximum Gasteiger partial charge on any atom is 0.420 e. The van der Waals surface area contributed by atoms with E-state index in [9.17, 15) is 4.79 Å². The fourth-order valence-electron chi connectivity index (χ4n) is 1.96. The molecular formula is C15H13N3O2. The Balaban J connectivity index is 1.80. The Labute approximate surface area is 115 Å². The summed E-state index contributed by atoms with van der Waals surface area (Å²) in [5, 5.41) is 0.843. The summed E-state index contributed by atoms with van der Waals surface area (Å²) in [4.78, 5) is 16.2. The summed E-state index contributed by atoms with van der Waals surface area (Å²) in [6.07, 6.45) is 1.16. The van der Waals surface area contributed by atoms with E-state index in [2.05, 4.69) is 4.98 Å². The second-order valence-electron chi connectivity index (χ2n) is 4.37. The minimum absolute atomic E-state index is 0.224. The van der Waals surface area contributed by atoms with E-state index in [1.54, 1.807) is 18.3 Å². The van der Waals surface area contributed by atoms with Gasteiger partial charge in [0, 0.05) is 11.6 Å². The van der Waals surface area contributed by atoms with Crippen LogP contribution in [0.25, 0.3) is 11.0 Å². The fraction of sp³-hybridized carbons (Fsp3) is 0.0667. The first-order valence-electron chi connectivity index (χ1n) is 6.19. The lowest BCUT2D eigenvalue weighted by Gasteiger charge is -2.06. The van der Waals surface area contributed by atoms with Gasteiger partial charge >= 0.3 is 6.09 Å². The van der Waals surface area contributed by atoms with Crippen molar-refractivity contribution in [3.8, 4) is 0 Å². The lowest BCUT2D eigenvalue weighted by Crippen LogP contribution is -2.13. The van der Waals surface area contributed by atoms with Gasteiger partial charge in [0.2, 0.25) is 0 Å². The molecule has 0 atom stereocenters. The third kappa shape index (κ3) is 2.33. The number of nitrogens with zero attached hydrogens (tertiary/aromatic N) is 2. The van der Waals surface area contributed by atoms with Crippen molar-refractivity contribution < 1.29 is 9.53 Å². The number of nitrogen functional groups attached to an aromatic ring is 1. The van der Waals surface area contributed by atoms with Crippen LogP contribution in [0, 0.1) is 0 Å². The first-order valence-corrected chi connectivity index (χ1v) is 6.19. The molecule has 0 aliphatic rings. The number of pyridine rings is 1. The Morgan fingerprint density at radius 1 is 1.15 bits per heavy atom. The van der Waals surface area contributed by atoms with Gasteiger partial charge in [0.25, 0.3) is 0 Å². The predicted octanol–water partition coefficient (Wildman–Crippen LogP) is 2.80. The summed E-state index contributed by atoms with van der Waals surface area (Å²) in [6, 6.07) is 14.8. The number of fused-ring (bicyclic) bond motifs is 1. The van der Waals surface area contributed by atoms with E-state index in [0.717, 1.165) is 10.9 Å². The summed E-state index contributed by atoms with van der Waals surface area (Å²) in [6.45, 7) is 0.224. The molecule has 100 valence electrons. The molecule has 0 bridgehead atoms. The summed E-state index contributed by atoms with van der Waals surface area (Å²) in [5.74, 6) is 0.369. The van der Waals surface area contributed by atoms with Gasteiger partial charge in [-0.05, 0) is 23.8 Å². The van der Waals surface area contributed by atoms with Crippen LogP contribution >= 0.6 is 0 Å². The Morgan fingerprint density at radius 2 is 1.95 bits per heavy atom. The number of hydrogen-bond donors (Lipinski definition) is 1. The average molecular weight is 267 g/mol. The largest absolute Gasteiger partial charge is 0.444 e. The van der Waals surface area contributed by atoms with E-state index >= 15 is 0 Å². The van der Waals surface area contributed by atoms with Crippen LogP contribution in [-0.2, 0) is 11.3 Å². The van der Waals surface area contributed by atoms with Crippen LogP contribution in [0.3, 0.4) is 0 Å². The van der Waals surface area contributed by atoms with Crippen LogP contribution in [-0.4, -0.2) is 15.6 Å². The molecule has 20 heavy (non-hydrogen) atoms. The van der Waals surface area contributed by atoms with Crippen LogP contribution in [0.5, 0.6) is 0 Å². The summed E-state index contributed by atoms with van der Waals surface area (Å²) < 4.78 is 6.62. The Kier molecular flexibility index (Phi) is 3.09. The summed E-state index contributed by atoms with van der Waals surface area (Å²) >= 11 is 0. The highest BCUT2D eigenvalue weighted by Gasteiger charge is 2.11. The second kappa shape index (κ2) is 5.05. The van der Waals surface area contributed by atoms with Gasteiger partial charge in [-0.1, -0.05) is 30.3 Å². The van der Waals surface area contributed by atoms with Gasteiger partial charge in [0.15, 0.2) is 5.65 Å². The number of aromatic nitrogens is 2. The predicted molar refractivity (Wildman–Crippen MR) is 76.2 cm³/mol. The van der Waals surface area contributed by atoms with Crippen molar-refractivity contribution in [3.05, 3.63) is 60.3 Å². The molecule has 0 aliphatic heterocycles. The number of carbonyl (C=O) groups excluding carboxylic acids is 1. The zero-order chi connectivity index (χ0) is 13.9. The lowest BCUT2D eigenvalue weighted by molar-refractivity contribution is 0.142. The Morgan fingerprint density at radius 3 is 2.75 bits per heavy atom. The Hall–Kier alpha value is -2.82. The molecule has 2 N–H and O–H groups in total. The number of carbonyl (C=O) groups is 1. The number of anilines is 1. The van der Waals surface area contributed by atoms with Gasteiger partial charge in [0.1, 0.15) is 12.4 Å².